The molecule has 1 aromatic carbocycles. The minimum atomic E-state index is -0.0188. The second-order valence-corrected chi connectivity index (χ2v) is 5.11. The molecular formula is C15H17BrN2O. The number of amides is 1. The summed E-state index contributed by atoms with van der Waals surface area (Å²) >= 11 is 3.41. The fourth-order valence-electron chi connectivity index (χ4n) is 2.01. The van der Waals surface area contributed by atoms with Crippen LogP contribution >= 0.6 is 15.9 Å². The van der Waals surface area contributed by atoms with E-state index in [1.54, 1.807) is 0 Å². The summed E-state index contributed by atoms with van der Waals surface area (Å²) in [5.74, 6) is -0.0188. The first-order valence-corrected chi connectivity index (χ1v) is 7.38. The lowest BCUT2D eigenvalue weighted by Gasteiger charge is -2.16. The molecule has 1 heterocycles. The highest BCUT2D eigenvalue weighted by atomic mass is 79.9. The van der Waals surface area contributed by atoms with Crippen LogP contribution in [0.2, 0.25) is 0 Å². The Kier molecular flexibility index (Phi) is 4.80. The van der Waals surface area contributed by atoms with E-state index < -0.39 is 0 Å². The maximum Gasteiger partial charge on any atom is 0.251 e. The van der Waals surface area contributed by atoms with Crippen molar-refractivity contribution in [2.24, 2.45) is 0 Å². The molecular weight excluding hydrogens is 304 g/mol. The van der Waals surface area contributed by atoms with Crippen LogP contribution < -0.4 is 5.32 Å². The summed E-state index contributed by atoms with van der Waals surface area (Å²) in [5.41, 5.74) is 1.74. The third kappa shape index (κ3) is 3.70. The Morgan fingerprint density at radius 1 is 1.26 bits per heavy atom. The molecule has 1 N–H and O–H groups in total. The predicted octanol–water partition coefficient (Wildman–Crippen LogP) is 3.20. The molecule has 0 fully saturated rings. The maximum absolute atomic E-state index is 12.2. The normalized spacial score (nSPS) is 12.1. The van der Waals surface area contributed by atoms with Crippen LogP contribution in [0.3, 0.4) is 0 Å². The molecule has 0 aliphatic rings. The van der Waals surface area contributed by atoms with Crippen molar-refractivity contribution in [2.75, 3.05) is 0 Å². The zero-order chi connectivity index (χ0) is 13.7. The highest BCUT2D eigenvalue weighted by Crippen LogP contribution is 2.12. The number of hydrogen-bond acceptors (Lipinski definition) is 1. The number of halogens is 1. The van der Waals surface area contributed by atoms with Gasteiger partial charge in [0.15, 0.2) is 0 Å². The Bertz CT molecular complexity index is 537. The van der Waals surface area contributed by atoms with E-state index in [1.165, 1.54) is 0 Å². The molecule has 2 aromatic rings. The van der Waals surface area contributed by atoms with Gasteiger partial charge in [0.1, 0.15) is 0 Å². The van der Waals surface area contributed by atoms with E-state index in [2.05, 4.69) is 25.8 Å². The minimum absolute atomic E-state index is 0.0188. The van der Waals surface area contributed by atoms with Crippen LogP contribution in [-0.4, -0.2) is 16.5 Å². The van der Waals surface area contributed by atoms with Crippen LogP contribution in [0.4, 0.5) is 0 Å². The van der Waals surface area contributed by atoms with Gasteiger partial charge in [-0.15, -0.1) is 0 Å². The quantitative estimate of drug-likeness (QED) is 0.843. The summed E-state index contributed by atoms with van der Waals surface area (Å²) in [4.78, 5) is 12.2. The Balaban J connectivity index is 2.00. The monoisotopic (exact) mass is 320 g/mol. The highest BCUT2D eigenvalue weighted by Gasteiger charge is 2.12. The number of alkyl halides is 1. The Labute approximate surface area is 121 Å². The summed E-state index contributed by atoms with van der Waals surface area (Å²) in [5, 5.41) is 3.71. The number of carbonyl (C=O) groups is 1. The largest absolute Gasteiger partial charge is 0.352 e. The van der Waals surface area contributed by atoms with Gasteiger partial charge >= 0.3 is 0 Å². The zero-order valence-corrected chi connectivity index (χ0v) is 12.4. The van der Waals surface area contributed by atoms with Crippen LogP contribution in [0, 0.1) is 0 Å². The molecule has 1 amide bonds. The van der Waals surface area contributed by atoms with Crippen LogP contribution in [0.15, 0.2) is 48.8 Å². The summed E-state index contributed by atoms with van der Waals surface area (Å²) in [6, 6.07) is 11.7. The second-order valence-electron chi connectivity index (χ2n) is 4.55. The van der Waals surface area contributed by atoms with Gasteiger partial charge in [-0.05, 0) is 30.7 Å². The van der Waals surface area contributed by atoms with Crippen molar-refractivity contribution < 1.29 is 4.79 Å². The van der Waals surface area contributed by atoms with Crippen LogP contribution in [0.5, 0.6) is 0 Å². The Hall–Kier alpha value is -1.55. The van der Waals surface area contributed by atoms with E-state index in [9.17, 15) is 4.79 Å². The predicted molar refractivity (Wildman–Crippen MR) is 80.4 cm³/mol. The molecule has 0 saturated carbocycles. The first kappa shape index (κ1) is 13.9. The number of rotatable bonds is 5. The maximum atomic E-state index is 12.2. The van der Waals surface area contributed by atoms with Crippen molar-refractivity contribution in [3.8, 4) is 0 Å². The number of hydrogen-bond donors (Lipinski definition) is 1. The molecule has 0 bridgehead atoms. The highest BCUT2D eigenvalue weighted by molar-refractivity contribution is 9.08. The van der Waals surface area contributed by atoms with Gasteiger partial charge in [0.2, 0.25) is 0 Å². The van der Waals surface area contributed by atoms with Gasteiger partial charge in [0.05, 0.1) is 0 Å². The fourth-order valence-corrected chi connectivity index (χ4v) is 2.50. The SMILES string of the molecule is CC(Cn1cccc1)NC(=O)c1ccccc1CBr. The third-order valence-corrected chi connectivity index (χ3v) is 3.54. The lowest BCUT2D eigenvalue weighted by molar-refractivity contribution is 0.0936. The fraction of sp³-hybridized carbons (Fsp3) is 0.267. The van der Waals surface area contributed by atoms with Gasteiger partial charge in [-0.2, -0.15) is 0 Å². The van der Waals surface area contributed by atoms with Crippen molar-refractivity contribution in [1.29, 1.82) is 0 Å². The van der Waals surface area contributed by atoms with Gasteiger partial charge in [0, 0.05) is 35.9 Å². The molecule has 0 radical (unpaired) electrons. The van der Waals surface area contributed by atoms with Gasteiger partial charge in [0.25, 0.3) is 5.91 Å². The molecule has 2 rings (SSSR count). The lowest BCUT2D eigenvalue weighted by Crippen LogP contribution is -2.35. The van der Waals surface area contributed by atoms with Crippen molar-refractivity contribution in [2.45, 2.75) is 24.8 Å². The molecule has 0 aliphatic heterocycles. The third-order valence-electron chi connectivity index (χ3n) is 2.93. The van der Waals surface area contributed by atoms with E-state index in [0.717, 1.165) is 17.7 Å². The number of benzene rings is 1. The van der Waals surface area contributed by atoms with Crippen molar-refractivity contribution >= 4 is 21.8 Å². The average molecular weight is 321 g/mol. The molecule has 4 heteroatoms. The molecule has 0 saturated heterocycles. The topological polar surface area (TPSA) is 34.0 Å². The first-order valence-electron chi connectivity index (χ1n) is 6.26. The Morgan fingerprint density at radius 2 is 1.95 bits per heavy atom. The average Bonchev–Trinajstić information content (AvgIpc) is 2.91. The van der Waals surface area contributed by atoms with Crippen molar-refractivity contribution in [3.63, 3.8) is 0 Å². The molecule has 3 nitrogen and oxygen atoms in total. The first-order chi connectivity index (χ1) is 9.20. The van der Waals surface area contributed by atoms with Crippen LogP contribution in [0.25, 0.3) is 0 Å². The number of nitrogens with one attached hydrogen (secondary N) is 1. The molecule has 0 spiro atoms. The van der Waals surface area contributed by atoms with Crippen molar-refractivity contribution in [1.82, 2.24) is 9.88 Å². The summed E-state index contributed by atoms with van der Waals surface area (Å²) in [7, 11) is 0. The van der Waals surface area contributed by atoms with E-state index >= 15 is 0 Å². The van der Waals surface area contributed by atoms with Crippen LogP contribution in [0.1, 0.15) is 22.8 Å². The van der Waals surface area contributed by atoms with E-state index in [-0.39, 0.29) is 11.9 Å². The molecule has 100 valence electrons. The molecule has 19 heavy (non-hydrogen) atoms. The summed E-state index contributed by atoms with van der Waals surface area (Å²) < 4.78 is 2.06. The second kappa shape index (κ2) is 6.57. The zero-order valence-electron chi connectivity index (χ0n) is 10.8. The molecule has 1 aromatic heterocycles. The summed E-state index contributed by atoms with van der Waals surface area (Å²) in [6.45, 7) is 2.78. The van der Waals surface area contributed by atoms with Gasteiger partial charge < -0.3 is 9.88 Å². The van der Waals surface area contributed by atoms with E-state index in [1.807, 2.05) is 55.7 Å². The number of carbonyl (C=O) groups excluding carboxylic acids is 1. The summed E-state index contributed by atoms with van der Waals surface area (Å²) in [6.07, 6.45) is 3.99. The molecule has 1 atom stereocenters. The minimum Gasteiger partial charge on any atom is -0.352 e. The van der Waals surface area contributed by atoms with Gasteiger partial charge in [-0.25, -0.2) is 0 Å². The van der Waals surface area contributed by atoms with E-state index in [4.69, 9.17) is 0 Å². The standard InChI is InChI=1S/C15H17BrN2O/c1-12(11-18-8-4-5-9-18)17-15(19)14-7-3-2-6-13(14)10-16/h2-9,12H,10-11H2,1H3,(H,17,19). The van der Waals surface area contributed by atoms with Gasteiger partial charge in [-0.3, -0.25) is 4.79 Å². The van der Waals surface area contributed by atoms with Crippen LogP contribution in [-0.2, 0) is 11.9 Å². The number of nitrogens with zero attached hydrogens (tertiary/aromatic N) is 1. The molecule has 1 unspecified atom stereocenters. The molecule has 0 aliphatic carbocycles. The number of aromatic nitrogens is 1. The van der Waals surface area contributed by atoms with Crippen molar-refractivity contribution in [3.05, 3.63) is 59.9 Å². The van der Waals surface area contributed by atoms with Gasteiger partial charge in [-0.1, -0.05) is 34.1 Å². The van der Waals surface area contributed by atoms with E-state index in [0.29, 0.717) is 5.33 Å². The smallest absolute Gasteiger partial charge is 0.251 e. The lowest BCUT2D eigenvalue weighted by atomic mass is 10.1. The Morgan fingerprint density at radius 3 is 2.63 bits per heavy atom.